The number of carboxylic acids is 1. The van der Waals surface area contributed by atoms with Crippen molar-refractivity contribution in [2.45, 2.75) is 25.5 Å². The van der Waals surface area contributed by atoms with Gasteiger partial charge in [0.2, 0.25) is 5.91 Å². The molecule has 0 saturated carbocycles. The lowest BCUT2D eigenvalue weighted by molar-refractivity contribution is -0.136. The molecule has 2 N–H and O–H groups in total. The fraction of sp³-hybridized carbons (Fsp3) is 0.300. The molecule has 2 aromatic rings. The van der Waals surface area contributed by atoms with Gasteiger partial charge < -0.3 is 15.2 Å². The molecule has 0 unspecified atom stereocenters. The molecule has 0 aliphatic heterocycles. The van der Waals surface area contributed by atoms with Crippen molar-refractivity contribution in [1.82, 2.24) is 0 Å². The van der Waals surface area contributed by atoms with Gasteiger partial charge in [-0.05, 0) is 30.7 Å². The van der Waals surface area contributed by atoms with Gasteiger partial charge in [-0.1, -0.05) is 29.8 Å². The molecule has 5 nitrogen and oxygen atoms in total. The van der Waals surface area contributed by atoms with Gasteiger partial charge in [-0.25, -0.2) is 0 Å². The molecule has 0 aromatic heterocycles. The number of carbonyl (C=O) groups excluding carboxylic acids is 1. The van der Waals surface area contributed by atoms with Gasteiger partial charge in [0.25, 0.3) is 0 Å². The molecule has 0 atom stereocenters. The van der Waals surface area contributed by atoms with E-state index in [9.17, 15) is 9.59 Å². The van der Waals surface area contributed by atoms with Crippen LogP contribution in [0.25, 0.3) is 0 Å². The summed E-state index contributed by atoms with van der Waals surface area (Å²) in [7, 11) is 1.59. The van der Waals surface area contributed by atoms with E-state index in [1.807, 2.05) is 49.4 Å². The number of hydrogen-bond donors (Lipinski definition) is 2. The summed E-state index contributed by atoms with van der Waals surface area (Å²) >= 11 is 1.56. The van der Waals surface area contributed by atoms with Crippen molar-refractivity contribution in [2.75, 3.05) is 18.2 Å². The van der Waals surface area contributed by atoms with Gasteiger partial charge in [-0.15, -0.1) is 0 Å². The average Bonchev–Trinajstić information content (AvgIpc) is 2.59. The molecule has 0 bridgehead atoms. The van der Waals surface area contributed by atoms with Crippen molar-refractivity contribution in [1.29, 1.82) is 0 Å². The minimum Gasteiger partial charge on any atom is -0.496 e. The Bertz CT molecular complexity index is 776. The first-order valence-corrected chi connectivity index (χ1v) is 9.45. The van der Waals surface area contributed by atoms with Crippen LogP contribution in [0.2, 0.25) is 0 Å². The normalized spacial score (nSPS) is 10.4. The van der Waals surface area contributed by atoms with Crippen LogP contribution in [-0.4, -0.2) is 29.8 Å². The molecule has 1 amide bonds. The van der Waals surface area contributed by atoms with E-state index in [0.29, 0.717) is 17.3 Å². The van der Waals surface area contributed by atoms with Crippen molar-refractivity contribution in [3.05, 3.63) is 59.2 Å². The molecule has 0 heterocycles. The minimum atomic E-state index is -0.787. The first kappa shape index (κ1) is 19.8. The van der Waals surface area contributed by atoms with Gasteiger partial charge in [0.1, 0.15) is 5.75 Å². The van der Waals surface area contributed by atoms with E-state index in [0.717, 1.165) is 22.4 Å². The lowest BCUT2D eigenvalue weighted by Crippen LogP contribution is -2.15. The fourth-order valence-corrected chi connectivity index (χ4v) is 3.39. The van der Waals surface area contributed by atoms with Crippen LogP contribution in [-0.2, 0) is 21.8 Å². The van der Waals surface area contributed by atoms with Crippen LogP contribution in [0.4, 0.5) is 5.69 Å². The molecular weight excluding hydrogens is 350 g/mol. The second-order valence-corrected chi connectivity index (χ2v) is 7.04. The number of rotatable bonds is 9. The summed E-state index contributed by atoms with van der Waals surface area (Å²) in [6, 6.07) is 13.4. The highest BCUT2D eigenvalue weighted by Crippen LogP contribution is 2.21. The maximum atomic E-state index is 12.4. The predicted octanol–water partition coefficient (Wildman–Crippen LogP) is 3.89. The van der Waals surface area contributed by atoms with E-state index in [1.54, 1.807) is 18.9 Å². The second-order valence-electron chi connectivity index (χ2n) is 5.94. The fourth-order valence-electron chi connectivity index (χ4n) is 2.51. The summed E-state index contributed by atoms with van der Waals surface area (Å²) in [6.45, 7) is 1.98. The van der Waals surface area contributed by atoms with Crippen LogP contribution in [0.3, 0.4) is 0 Å². The maximum absolute atomic E-state index is 12.4. The summed E-state index contributed by atoms with van der Waals surface area (Å²) in [6.07, 6.45) is 0.391. The maximum Gasteiger partial charge on any atom is 0.304 e. The van der Waals surface area contributed by atoms with Crippen molar-refractivity contribution >= 4 is 29.3 Å². The van der Waals surface area contributed by atoms with E-state index in [-0.39, 0.29) is 18.7 Å². The topological polar surface area (TPSA) is 75.6 Å². The van der Waals surface area contributed by atoms with Gasteiger partial charge in [-0.2, -0.15) is 11.8 Å². The van der Waals surface area contributed by atoms with Crippen molar-refractivity contribution in [3.63, 3.8) is 0 Å². The highest BCUT2D eigenvalue weighted by molar-refractivity contribution is 7.98. The number of ether oxygens (including phenoxy) is 1. The van der Waals surface area contributed by atoms with Gasteiger partial charge in [0.05, 0.1) is 20.0 Å². The number of benzene rings is 2. The molecule has 138 valence electrons. The number of nitrogens with one attached hydrogen (secondary N) is 1. The van der Waals surface area contributed by atoms with E-state index < -0.39 is 5.97 Å². The number of anilines is 1. The molecule has 2 rings (SSSR count). The first-order valence-electron chi connectivity index (χ1n) is 8.30. The van der Waals surface area contributed by atoms with Crippen LogP contribution in [0, 0.1) is 6.92 Å². The molecule has 0 aliphatic rings. The third-order valence-electron chi connectivity index (χ3n) is 3.73. The third-order valence-corrected chi connectivity index (χ3v) is 4.76. The standard InChI is InChI=1S/C20H23NO4S/c1-14-6-7-18(25-2)16(10-14)12-19(22)21-17-5-3-4-15(11-17)13-26-9-8-20(23)24/h3-7,10-11H,8-9,12-13H2,1-2H3,(H,21,22)(H,23,24). The van der Waals surface area contributed by atoms with E-state index in [2.05, 4.69) is 5.32 Å². The largest absolute Gasteiger partial charge is 0.496 e. The van der Waals surface area contributed by atoms with Crippen LogP contribution >= 0.6 is 11.8 Å². The van der Waals surface area contributed by atoms with Gasteiger partial charge in [0, 0.05) is 22.8 Å². The Balaban J connectivity index is 1.94. The SMILES string of the molecule is COc1ccc(C)cc1CC(=O)Nc1cccc(CSCCC(=O)O)c1. The molecule has 26 heavy (non-hydrogen) atoms. The van der Waals surface area contributed by atoms with E-state index in [1.165, 1.54) is 0 Å². The molecule has 0 radical (unpaired) electrons. The average molecular weight is 373 g/mol. The van der Waals surface area contributed by atoms with E-state index >= 15 is 0 Å². The summed E-state index contributed by atoms with van der Waals surface area (Å²) in [5.41, 5.74) is 3.71. The molecule has 0 fully saturated rings. The zero-order valence-electron chi connectivity index (χ0n) is 15.0. The zero-order valence-corrected chi connectivity index (χ0v) is 15.8. The number of aliphatic carboxylic acids is 1. The van der Waals surface area contributed by atoms with Crippen molar-refractivity contribution < 1.29 is 19.4 Å². The number of thioether (sulfide) groups is 1. The van der Waals surface area contributed by atoms with Crippen LogP contribution in [0.1, 0.15) is 23.1 Å². The highest BCUT2D eigenvalue weighted by Gasteiger charge is 2.10. The Labute approximate surface area is 157 Å². The lowest BCUT2D eigenvalue weighted by atomic mass is 10.1. The van der Waals surface area contributed by atoms with Crippen molar-refractivity contribution in [3.8, 4) is 5.75 Å². The highest BCUT2D eigenvalue weighted by atomic mass is 32.2. The molecule has 0 saturated heterocycles. The number of carboxylic acid groups (broad SMARTS) is 1. The Morgan fingerprint density at radius 2 is 2.00 bits per heavy atom. The predicted molar refractivity (Wildman–Crippen MR) is 105 cm³/mol. The molecule has 0 aliphatic carbocycles. The van der Waals surface area contributed by atoms with Gasteiger partial charge >= 0.3 is 5.97 Å². The lowest BCUT2D eigenvalue weighted by Gasteiger charge is -2.11. The number of aryl methyl sites for hydroxylation is 1. The summed E-state index contributed by atoms with van der Waals surface area (Å²) < 4.78 is 5.32. The molecule has 2 aromatic carbocycles. The Kier molecular flexibility index (Phi) is 7.53. The Morgan fingerprint density at radius 3 is 2.73 bits per heavy atom. The second kappa shape index (κ2) is 9.87. The van der Waals surface area contributed by atoms with Crippen LogP contribution in [0.5, 0.6) is 5.75 Å². The first-order chi connectivity index (χ1) is 12.5. The Morgan fingerprint density at radius 1 is 1.19 bits per heavy atom. The van der Waals surface area contributed by atoms with Gasteiger partial charge in [0.15, 0.2) is 0 Å². The quantitative estimate of drug-likeness (QED) is 0.652. The minimum absolute atomic E-state index is 0.107. The number of carbonyl (C=O) groups is 2. The van der Waals surface area contributed by atoms with Crippen molar-refractivity contribution in [2.24, 2.45) is 0 Å². The summed E-state index contributed by atoms with van der Waals surface area (Å²) in [4.78, 5) is 22.9. The van der Waals surface area contributed by atoms with Gasteiger partial charge in [-0.3, -0.25) is 9.59 Å². The molecule has 6 heteroatoms. The molecule has 0 spiro atoms. The smallest absolute Gasteiger partial charge is 0.304 e. The monoisotopic (exact) mass is 373 g/mol. The third kappa shape index (κ3) is 6.44. The van der Waals surface area contributed by atoms with E-state index in [4.69, 9.17) is 9.84 Å². The number of amides is 1. The summed E-state index contributed by atoms with van der Waals surface area (Å²) in [5.74, 6) is 1.09. The number of hydrogen-bond acceptors (Lipinski definition) is 4. The molecular formula is C20H23NO4S. The zero-order chi connectivity index (χ0) is 18.9. The van der Waals surface area contributed by atoms with Crippen LogP contribution < -0.4 is 10.1 Å². The number of methoxy groups -OCH3 is 1. The summed E-state index contributed by atoms with van der Waals surface area (Å²) in [5, 5.41) is 11.6. The Hall–Kier alpha value is -2.47. The van der Waals surface area contributed by atoms with Crippen LogP contribution in [0.15, 0.2) is 42.5 Å².